The fourth-order valence-electron chi connectivity index (χ4n) is 1.28. The summed E-state index contributed by atoms with van der Waals surface area (Å²) in [6.45, 7) is 4.00. The Bertz CT molecular complexity index is 469. The molecular formula is C11H10F2S2. The van der Waals surface area contributed by atoms with E-state index in [1.807, 2.05) is 13.8 Å². The average molecular weight is 244 g/mol. The molecule has 0 aromatic carbocycles. The molecule has 0 unspecified atom stereocenters. The van der Waals surface area contributed by atoms with E-state index in [0.29, 0.717) is 9.75 Å². The Morgan fingerprint density at radius 1 is 1.13 bits per heavy atom. The zero-order valence-corrected chi connectivity index (χ0v) is 10.0. The van der Waals surface area contributed by atoms with E-state index in [4.69, 9.17) is 0 Å². The molecule has 0 N–H and O–H groups in total. The molecule has 0 saturated carbocycles. The first-order valence-corrected chi connectivity index (χ1v) is 6.31. The van der Waals surface area contributed by atoms with Gasteiger partial charge in [-0.1, -0.05) is 13.8 Å². The molecule has 2 aromatic rings. The van der Waals surface area contributed by atoms with Gasteiger partial charge in [-0.15, -0.1) is 22.7 Å². The van der Waals surface area contributed by atoms with Crippen molar-refractivity contribution in [2.45, 2.75) is 19.8 Å². The molecule has 0 aliphatic rings. The van der Waals surface area contributed by atoms with Crippen LogP contribution in [0.3, 0.4) is 0 Å². The van der Waals surface area contributed by atoms with Gasteiger partial charge in [0, 0.05) is 4.88 Å². The van der Waals surface area contributed by atoms with E-state index < -0.39 is 0 Å². The van der Waals surface area contributed by atoms with Crippen molar-refractivity contribution in [2.75, 3.05) is 0 Å². The van der Waals surface area contributed by atoms with Gasteiger partial charge in [0.1, 0.15) is 11.6 Å². The summed E-state index contributed by atoms with van der Waals surface area (Å²) in [4.78, 5) is 1.78. The molecular weight excluding hydrogens is 234 g/mol. The fraction of sp³-hybridized carbons (Fsp3) is 0.273. The first-order valence-electron chi connectivity index (χ1n) is 4.62. The highest BCUT2D eigenvalue weighted by Crippen LogP contribution is 2.38. The topological polar surface area (TPSA) is 0 Å². The summed E-state index contributed by atoms with van der Waals surface area (Å²) in [5.74, 6) is -0.373. The molecule has 4 heteroatoms. The van der Waals surface area contributed by atoms with Crippen LogP contribution in [0.15, 0.2) is 17.5 Å². The molecule has 0 amide bonds. The summed E-state index contributed by atoms with van der Waals surface area (Å²) >= 11 is 2.57. The van der Waals surface area contributed by atoms with E-state index in [1.54, 1.807) is 5.38 Å². The van der Waals surface area contributed by atoms with Gasteiger partial charge in [0.25, 0.3) is 0 Å². The van der Waals surface area contributed by atoms with Crippen molar-refractivity contribution < 1.29 is 8.78 Å². The van der Waals surface area contributed by atoms with E-state index in [-0.39, 0.29) is 17.6 Å². The normalized spacial score (nSPS) is 11.3. The summed E-state index contributed by atoms with van der Waals surface area (Å²) in [5, 5.41) is 1.64. The van der Waals surface area contributed by atoms with Gasteiger partial charge in [-0.3, -0.25) is 0 Å². The molecule has 0 fully saturated rings. The van der Waals surface area contributed by atoms with Crippen LogP contribution in [0.4, 0.5) is 8.78 Å². The maximum Gasteiger partial charge on any atom is 0.143 e. The quantitative estimate of drug-likeness (QED) is 0.706. The molecule has 0 aliphatic heterocycles. The Balaban J connectivity index is 2.50. The Hall–Kier alpha value is -0.740. The van der Waals surface area contributed by atoms with Gasteiger partial charge >= 0.3 is 0 Å². The Kier molecular flexibility index (Phi) is 2.89. The van der Waals surface area contributed by atoms with Crippen molar-refractivity contribution in [3.63, 3.8) is 0 Å². The molecule has 0 bridgehead atoms. The molecule has 0 nitrogen and oxygen atoms in total. The second-order valence-electron chi connectivity index (χ2n) is 3.58. The Morgan fingerprint density at radius 3 is 2.33 bits per heavy atom. The minimum atomic E-state index is -0.337. The van der Waals surface area contributed by atoms with Crippen LogP contribution in [0.1, 0.15) is 24.6 Å². The lowest BCUT2D eigenvalue weighted by atomic mass is 10.2. The van der Waals surface area contributed by atoms with E-state index in [2.05, 4.69) is 0 Å². The maximum absolute atomic E-state index is 13.6. The summed E-state index contributed by atoms with van der Waals surface area (Å²) in [6, 6.07) is 2.87. The molecule has 0 aliphatic carbocycles. The van der Waals surface area contributed by atoms with Crippen LogP contribution in [0.5, 0.6) is 0 Å². The van der Waals surface area contributed by atoms with Crippen molar-refractivity contribution in [1.82, 2.24) is 0 Å². The number of rotatable bonds is 2. The molecule has 2 aromatic heterocycles. The lowest BCUT2D eigenvalue weighted by Crippen LogP contribution is -1.78. The third-order valence-corrected chi connectivity index (χ3v) is 4.56. The monoisotopic (exact) mass is 244 g/mol. The minimum absolute atomic E-state index is 0.279. The largest absolute Gasteiger partial charge is 0.205 e. The maximum atomic E-state index is 13.6. The SMILES string of the molecule is CC(C)c1cc(F)c(-c2sccc2F)s1. The first-order chi connectivity index (χ1) is 7.09. The number of hydrogen-bond acceptors (Lipinski definition) is 2. The smallest absolute Gasteiger partial charge is 0.143 e. The molecule has 0 spiro atoms. The van der Waals surface area contributed by atoms with Crippen LogP contribution in [-0.2, 0) is 0 Å². The predicted octanol–water partition coefficient (Wildman–Crippen LogP) is 4.88. The number of hydrogen-bond donors (Lipinski definition) is 0. The van der Waals surface area contributed by atoms with E-state index in [9.17, 15) is 8.78 Å². The summed E-state index contributed by atoms with van der Waals surface area (Å²) in [5.41, 5.74) is 0. The molecule has 0 radical (unpaired) electrons. The van der Waals surface area contributed by atoms with Crippen molar-refractivity contribution in [3.8, 4) is 9.75 Å². The molecule has 80 valence electrons. The van der Waals surface area contributed by atoms with Crippen LogP contribution >= 0.6 is 22.7 Å². The zero-order chi connectivity index (χ0) is 11.0. The van der Waals surface area contributed by atoms with Gasteiger partial charge < -0.3 is 0 Å². The molecule has 0 saturated heterocycles. The first kappa shape index (κ1) is 10.8. The van der Waals surface area contributed by atoms with Crippen LogP contribution in [0.25, 0.3) is 9.75 Å². The van der Waals surface area contributed by atoms with Gasteiger partial charge in [0.2, 0.25) is 0 Å². The van der Waals surface area contributed by atoms with Crippen molar-refractivity contribution >= 4 is 22.7 Å². The number of thiophene rings is 2. The van der Waals surface area contributed by atoms with Crippen LogP contribution in [0.2, 0.25) is 0 Å². The van der Waals surface area contributed by atoms with E-state index in [0.717, 1.165) is 4.88 Å². The third-order valence-electron chi connectivity index (χ3n) is 2.10. The van der Waals surface area contributed by atoms with Gasteiger partial charge in [-0.05, 0) is 23.4 Å². The summed E-state index contributed by atoms with van der Waals surface area (Å²) < 4.78 is 26.8. The minimum Gasteiger partial charge on any atom is -0.205 e. The molecule has 0 atom stereocenters. The summed E-state index contributed by atoms with van der Waals surface area (Å²) in [6.07, 6.45) is 0. The van der Waals surface area contributed by atoms with Gasteiger partial charge in [0.05, 0.1) is 9.75 Å². The average Bonchev–Trinajstić information content (AvgIpc) is 2.71. The molecule has 2 rings (SSSR count). The standard InChI is InChI=1S/C11H10F2S2/c1-6(2)9-5-8(13)11(15-9)10-7(12)3-4-14-10/h3-6H,1-2H3. The van der Waals surface area contributed by atoms with Crippen LogP contribution in [-0.4, -0.2) is 0 Å². The highest BCUT2D eigenvalue weighted by molar-refractivity contribution is 7.21. The Labute approximate surface area is 95.2 Å². The van der Waals surface area contributed by atoms with Gasteiger partial charge in [-0.2, -0.15) is 0 Å². The van der Waals surface area contributed by atoms with Crippen molar-refractivity contribution in [1.29, 1.82) is 0 Å². The van der Waals surface area contributed by atoms with E-state index >= 15 is 0 Å². The van der Waals surface area contributed by atoms with Crippen LogP contribution < -0.4 is 0 Å². The predicted molar refractivity (Wildman–Crippen MR) is 61.6 cm³/mol. The van der Waals surface area contributed by atoms with E-state index in [1.165, 1.54) is 34.8 Å². The highest BCUT2D eigenvalue weighted by atomic mass is 32.1. The second kappa shape index (κ2) is 4.02. The zero-order valence-electron chi connectivity index (χ0n) is 8.38. The van der Waals surface area contributed by atoms with Crippen LogP contribution in [0, 0.1) is 11.6 Å². The van der Waals surface area contributed by atoms with Gasteiger partial charge in [0.15, 0.2) is 0 Å². The van der Waals surface area contributed by atoms with Gasteiger partial charge in [-0.25, -0.2) is 8.78 Å². The van der Waals surface area contributed by atoms with Crippen molar-refractivity contribution in [2.24, 2.45) is 0 Å². The Morgan fingerprint density at radius 2 is 1.87 bits per heavy atom. The lowest BCUT2D eigenvalue weighted by Gasteiger charge is -1.97. The third kappa shape index (κ3) is 1.96. The molecule has 15 heavy (non-hydrogen) atoms. The summed E-state index contributed by atoms with van der Waals surface area (Å²) in [7, 11) is 0. The molecule has 2 heterocycles. The second-order valence-corrected chi connectivity index (χ2v) is 5.58. The lowest BCUT2D eigenvalue weighted by molar-refractivity contribution is 0.623. The fourth-order valence-corrected chi connectivity index (χ4v) is 3.24. The highest BCUT2D eigenvalue weighted by Gasteiger charge is 2.16. The van der Waals surface area contributed by atoms with Crippen molar-refractivity contribution in [3.05, 3.63) is 34.0 Å². The number of halogens is 2.